The molecule has 2 N–H and O–H groups in total. The number of aldehydes is 1. The quantitative estimate of drug-likeness (QED) is 0.323. The molecule has 3 heterocycles. The molecule has 2 aromatic rings. The third kappa shape index (κ3) is 5.17. The fourth-order valence-electron chi connectivity index (χ4n) is 8.31. The number of methoxy groups -OCH3 is 1. The molecule has 0 bridgehead atoms. The Morgan fingerprint density at radius 2 is 1.96 bits per heavy atom. The highest BCUT2D eigenvalue weighted by Gasteiger charge is 2.49. The van der Waals surface area contributed by atoms with Crippen LogP contribution >= 0.6 is 0 Å². The Morgan fingerprint density at radius 1 is 1.17 bits per heavy atom. The van der Waals surface area contributed by atoms with Crippen LogP contribution in [0.2, 0.25) is 0 Å². The van der Waals surface area contributed by atoms with Gasteiger partial charge < -0.3 is 29.2 Å². The molecule has 2 fully saturated rings. The maximum atomic E-state index is 13.5. The van der Waals surface area contributed by atoms with Crippen LogP contribution in [0.5, 0.6) is 17.2 Å². The maximum absolute atomic E-state index is 13.5. The van der Waals surface area contributed by atoms with Crippen molar-refractivity contribution in [3.63, 3.8) is 0 Å². The highest BCUT2D eigenvalue weighted by Crippen LogP contribution is 2.57. The molecule has 0 radical (unpaired) electrons. The molecule has 10 heteroatoms. The molecule has 252 valence electrons. The molecular weight excluding hydrogens is 614 g/mol. The molecule has 0 saturated heterocycles. The van der Waals surface area contributed by atoms with Crippen molar-refractivity contribution in [2.24, 2.45) is 10.9 Å². The van der Waals surface area contributed by atoms with E-state index in [-0.39, 0.29) is 47.4 Å². The summed E-state index contributed by atoms with van der Waals surface area (Å²) in [5, 5.41) is 24.5. The van der Waals surface area contributed by atoms with Gasteiger partial charge in [0.1, 0.15) is 34.7 Å². The molecule has 2 saturated carbocycles. The third-order valence-electron chi connectivity index (χ3n) is 10.8. The number of fused-ring (bicyclic) bond motifs is 3. The minimum Gasteiger partial charge on any atom is -0.496 e. The summed E-state index contributed by atoms with van der Waals surface area (Å²) < 4.78 is 24.1. The number of ketones is 1. The van der Waals surface area contributed by atoms with E-state index in [2.05, 4.69) is 4.99 Å². The van der Waals surface area contributed by atoms with Gasteiger partial charge in [0.2, 0.25) is 5.76 Å². The summed E-state index contributed by atoms with van der Waals surface area (Å²) in [7, 11) is 1.52. The number of esters is 1. The molecule has 0 amide bonds. The third-order valence-corrected chi connectivity index (χ3v) is 10.8. The SMILES string of the molecule is CCOC(=O)C1=C(C=O)/C(=C2\CCC(=O)[C@@H](c3ccc4c(c3)=CCN=4)C2)c2c(OC)c3c(c(CO)c2O1)O[C@H]([C@@](C)(O)C1CCCC1)C3. The van der Waals surface area contributed by atoms with Gasteiger partial charge in [0.25, 0.3) is 0 Å². The lowest BCUT2D eigenvalue weighted by atomic mass is 9.75. The summed E-state index contributed by atoms with van der Waals surface area (Å²) in [6.07, 6.45) is 7.10. The molecule has 2 aromatic carbocycles. The Bertz CT molecular complexity index is 1900. The Morgan fingerprint density at radius 3 is 2.67 bits per heavy atom. The molecule has 7 rings (SSSR count). The standard InChI is InChI=1S/C38H41NO9/c1-4-46-37(43)36-26(18-40)31(22-10-12-29(42)24(16-22)20-9-11-28-21(15-20)13-14-39-28)32-34(45-3)25-17-30(38(2,44)23-7-5-6-8-23)47-33(25)27(19-41)35(32)48-36/h9,11,13,15,18,23-24,30,41,44H,4-8,10,12,14,16-17,19H2,1-3H3/b31-22-/t24-,30+,38+/m1/s1. The molecule has 48 heavy (non-hydrogen) atoms. The topological polar surface area (TPSA) is 141 Å². The minimum absolute atomic E-state index is 0.000642. The maximum Gasteiger partial charge on any atom is 0.375 e. The van der Waals surface area contributed by atoms with Crippen molar-refractivity contribution in [1.29, 1.82) is 0 Å². The van der Waals surface area contributed by atoms with E-state index < -0.39 is 30.2 Å². The largest absolute Gasteiger partial charge is 0.496 e. The van der Waals surface area contributed by atoms with Gasteiger partial charge in [-0.3, -0.25) is 14.6 Å². The van der Waals surface area contributed by atoms with Crippen LogP contribution < -0.4 is 24.8 Å². The van der Waals surface area contributed by atoms with Gasteiger partial charge >= 0.3 is 5.97 Å². The van der Waals surface area contributed by atoms with Crippen LogP contribution in [-0.4, -0.2) is 60.2 Å². The van der Waals surface area contributed by atoms with E-state index in [1.54, 1.807) is 6.92 Å². The first-order valence-electron chi connectivity index (χ1n) is 16.9. The van der Waals surface area contributed by atoms with Gasteiger partial charge in [-0.1, -0.05) is 30.6 Å². The average Bonchev–Trinajstić information content (AvgIpc) is 3.88. The highest BCUT2D eigenvalue weighted by molar-refractivity contribution is 6.11. The summed E-state index contributed by atoms with van der Waals surface area (Å²) >= 11 is 0. The Kier molecular flexibility index (Phi) is 8.49. The van der Waals surface area contributed by atoms with E-state index in [1.807, 2.05) is 31.2 Å². The predicted octanol–water partition coefficient (Wildman–Crippen LogP) is 3.54. The fraction of sp³-hybridized carbons (Fsp3) is 0.474. The lowest BCUT2D eigenvalue weighted by Crippen LogP contribution is -2.47. The van der Waals surface area contributed by atoms with Crippen LogP contribution in [-0.2, 0) is 32.1 Å². The molecule has 5 aliphatic rings. The van der Waals surface area contributed by atoms with Gasteiger partial charge in [0, 0.05) is 29.9 Å². The number of carbonyl (C=O) groups excluding carboxylic acids is 3. The summed E-state index contributed by atoms with van der Waals surface area (Å²) in [6.45, 7) is 3.62. The van der Waals surface area contributed by atoms with Crippen molar-refractivity contribution in [2.75, 3.05) is 20.3 Å². The zero-order valence-corrected chi connectivity index (χ0v) is 27.6. The number of nitrogens with zero attached hydrogens (tertiary/aromatic N) is 1. The molecule has 10 nitrogen and oxygen atoms in total. The van der Waals surface area contributed by atoms with Crippen LogP contribution in [0.3, 0.4) is 0 Å². The van der Waals surface area contributed by atoms with Crippen molar-refractivity contribution in [2.45, 2.75) is 89.4 Å². The van der Waals surface area contributed by atoms with Gasteiger partial charge in [-0.15, -0.1) is 0 Å². The van der Waals surface area contributed by atoms with Gasteiger partial charge in [-0.25, -0.2) is 4.79 Å². The van der Waals surface area contributed by atoms with Crippen LogP contribution in [0.4, 0.5) is 0 Å². The van der Waals surface area contributed by atoms with Crippen molar-refractivity contribution in [3.05, 3.63) is 67.9 Å². The number of Topliss-reactive ketones (excluding diaryl/α,β-unsaturated/α-hetero) is 1. The van der Waals surface area contributed by atoms with E-state index in [0.29, 0.717) is 60.3 Å². The monoisotopic (exact) mass is 655 g/mol. The normalized spacial score (nSPS) is 24.4. The molecule has 0 unspecified atom stereocenters. The van der Waals surface area contributed by atoms with Gasteiger partial charge in [-0.05, 0) is 68.4 Å². The Balaban J connectivity index is 1.42. The second-order valence-electron chi connectivity index (χ2n) is 13.4. The number of hydrogen-bond donors (Lipinski definition) is 2. The smallest absolute Gasteiger partial charge is 0.375 e. The number of carbonyl (C=O) groups is 3. The first kappa shape index (κ1) is 32.3. The Hall–Kier alpha value is -4.28. The van der Waals surface area contributed by atoms with Gasteiger partial charge in [0.05, 0.1) is 48.9 Å². The number of rotatable bonds is 8. The first-order chi connectivity index (χ1) is 23.2. The van der Waals surface area contributed by atoms with E-state index in [1.165, 1.54) is 7.11 Å². The number of aliphatic hydroxyl groups excluding tert-OH is 1. The van der Waals surface area contributed by atoms with E-state index in [0.717, 1.165) is 47.4 Å². The highest BCUT2D eigenvalue weighted by atomic mass is 16.6. The number of benzene rings is 2. The van der Waals surface area contributed by atoms with Crippen LogP contribution in [0.25, 0.3) is 11.6 Å². The zero-order valence-electron chi connectivity index (χ0n) is 27.6. The summed E-state index contributed by atoms with van der Waals surface area (Å²) in [4.78, 5) is 44.3. The molecule has 3 atom stereocenters. The van der Waals surface area contributed by atoms with Crippen LogP contribution in [0, 0.1) is 5.92 Å². The number of aliphatic hydroxyl groups is 2. The van der Waals surface area contributed by atoms with Crippen molar-refractivity contribution < 1.29 is 43.5 Å². The van der Waals surface area contributed by atoms with Crippen molar-refractivity contribution in [3.8, 4) is 17.2 Å². The van der Waals surface area contributed by atoms with E-state index in [4.69, 9.17) is 18.9 Å². The van der Waals surface area contributed by atoms with Gasteiger partial charge in [-0.2, -0.15) is 0 Å². The summed E-state index contributed by atoms with van der Waals surface area (Å²) in [5.74, 6) is -0.588. The number of ether oxygens (including phenoxy) is 4. The molecule has 3 aliphatic heterocycles. The van der Waals surface area contributed by atoms with Crippen LogP contribution in [0.1, 0.15) is 87.0 Å². The van der Waals surface area contributed by atoms with Crippen LogP contribution in [0.15, 0.2) is 40.1 Å². The number of allylic oxidation sites excluding steroid dienone is 3. The first-order valence-corrected chi connectivity index (χ1v) is 16.9. The summed E-state index contributed by atoms with van der Waals surface area (Å²) in [6, 6.07) is 5.87. The van der Waals surface area contributed by atoms with E-state index >= 15 is 0 Å². The second-order valence-corrected chi connectivity index (χ2v) is 13.4. The Labute approximate surface area is 278 Å². The molecule has 2 aliphatic carbocycles. The lowest BCUT2D eigenvalue weighted by molar-refractivity contribution is -0.141. The minimum atomic E-state index is -1.14. The molecular formula is C38H41NO9. The van der Waals surface area contributed by atoms with Crippen molar-refractivity contribution >= 4 is 29.7 Å². The van der Waals surface area contributed by atoms with Crippen molar-refractivity contribution in [1.82, 2.24) is 0 Å². The number of hydrogen-bond acceptors (Lipinski definition) is 10. The van der Waals surface area contributed by atoms with E-state index in [9.17, 15) is 24.6 Å². The zero-order chi connectivity index (χ0) is 33.7. The fourth-order valence-corrected chi connectivity index (χ4v) is 8.31. The second kappa shape index (κ2) is 12.6. The average molecular weight is 656 g/mol. The predicted molar refractivity (Wildman–Crippen MR) is 175 cm³/mol. The summed E-state index contributed by atoms with van der Waals surface area (Å²) in [5.41, 5.74) is 2.31. The molecule has 0 aromatic heterocycles. The lowest BCUT2D eigenvalue weighted by Gasteiger charge is -2.35. The molecule has 0 spiro atoms. The van der Waals surface area contributed by atoms with Gasteiger partial charge in [0.15, 0.2) is 6.29 Å².